The third kappa shape index (κ3) is 2.48. The summed E-state index contributed by atoms with van der Waals surface area (Å²) in [6.45, 7) is 0. The summed E-state index contributed by atoms with van der Waals surface area (Å²) in [5, 5.41) is 0.437. The molecule has 6 heteroatoms. The molecule has 1 aliphatic heterocycles. The van der Waals surface area contributed by atoms with Crippen LogP contribution >= 0.6 is 11.6 Å². The van der Waals surface area contributed by atoms with Gasteiger partial charge in [-0.15, -0.1) is 0 Å². The molecule has 0 aromatic heterocycles. The average Bonchev–Trinajstić information content (AvgIpc) is 2.59. The molecule has 0 radical (unpaired) electrons. The molecule has 0 spiro atoms. The molecule has 1 unspecified atom stereocenters. The Labute approximate surface area is 130 Å². The molecule has 0 aliphatic carbocycles. The van der Waals surface area contributed by atoms with Gasteiger partial charge in [0.15, 0.2) is 0 Å². The van der Waals surface area contributed by atoms with Crippen LogP contribution < -0.4 is 4.90 Å². The highest BCUT2D eigenvalue weighted by atomic mass is 35.5. The van der Waals surface area contributed by atoms with Crippen molar-refractivity contribution < 1.29 is 13.6 Å². The molecule has 1 amide bonds. The highest BCUT2D eigenvalue weighted by molar-refractivity contribution is 6.32. The number of amides is 1. The van der Waals surface area contributed by atoms with Crippen LogP contribution in [-0.4, -0.2) is 25.0 Å². The topological polar surface area (TPSA) is 32.7 Å². The molecule has 0 fully saturated rings. The van der Waals surface area contributed by atoms with Gasteiger partial charge in [0.25, 0.3) is 12.2 Å². The molecule has 1 atom stereocenters. The lowest BCUT2D eigenvalue weighted by atomic mass is 10.0. The number of benzodiazepines with no additional fused rings is 1. The van der Waals surface area contributed by atoms with Gasteiger partial charge in [0, 0.05) is 23.2 Å². The molecule has 2 aromatic rings. The largest absolute Gasteiger partial charge is 0.311 e. The lowest BCUT2D eigenvalue weighted by molar-refractivity contribution is -0.122. The normalized spacial score (nSPS) is 17.8. The lowest BCUT2D eigenvalue weighted by Gasteiger charge is -2.18. The van der Waals surface area contributed by atoms with Crippen LogP contribution in [0.3, 0.4) is 0 Å². The van der Waals surface area contributed by atoms with E-state index in [2.05, 4.69) is 4.99 Å². The first kappa shape index (κ1) is 14.7. The number of fused-ring (bicyclic) bond motifs is 1. The number of halogens is 3. The van der Waals surface area contributed by atoms with Gasteiger partial charge in [-0.3, -0.25) is 4.79 Å². The van der Waals surface area contributed by atoms with Gasteiger partial charge in [0.2, 0.25) is 0 Å². The SMILES string of the molecule is CN1C(=O)C(F)N=C(c2ccc(F)cc2)c2cc(Cl)ccc21. The van der Waals surface area contributed by atoms with Crippen LogP contribution in [0.4, 0.5) is 14.5 Å². The van der Waals surface area contributed by atoms with E-state index in [-0.39, 0.29) is 5.71 Å². The lowest BCUT2D eigenvalue weighted by Crippen LogP contribution is -2.32. The van der Waals surface area contributed by atoms with Crippen molar-refractivity contribution >= 4 is 28.9 Å². The molecule has 0 N–H and O–H groups in total. The van der Waals surface area contributed by atoms with Gasteiger partial charge < -0.3 is 4.90 Å². The van der Waals surface area contributed by atoms with Crippen molar-refractivity contribution in [2.75, 3.05) is 11.9 Å². The zero-order valence-corrected chi connectivity index (χ0v) is 12.3. The predicted molar refractivity (Wildman–Crippen MR) is 81.8 cm³/mol. The highest BCUT2D eigenvalue weighted by Crippen LogP contribution is 2.30. The van der Waals surface area contributed by atoms with E-state index in [0.29, 0.717) is 21.8 Å². The first-order valence-electron chi connectivity index (χ1n) is 6.52. The molecule has 112 valence electrons. The maximum atomic E-state index is 14.1. The van der Waals surface area contributed by atoms with Crippen molar-refractivity contribution in [1.29, 1.82) is 0 Å². The van der Waals surface area contributed by atoms with E-state index in [9.17, 15) is 13.6 Å². The number of benzene rings is 2. The van der Waals surface area contributed by atoms with Crippen LogP contribution in [0.1, 0.15) is 11.1 Å². The maximum Gasteiger partial charge on any atom is 0.284 e. The molecule has 0 saturated carbocycles. The highest BCUT2D eigenvalue weighted by Gasteiger charge is 2.29. The van der Waals surface area contributed by atoms with Crippen molar-refractivity contribution in [2.45, 2.75) is 6.30 Å². The molecular formula is C16H11ClF2N2O. The minimum Gasteiger partial charge on any atom is -0.311 e. The van der Waals surface area contributed by atoms with Crippen molar-refractivity contribution in [3.63, 3.8) is 0 Å². The number of carbonyl (C=O) groups excluding carboxylic acids is 1. The first-order valence-corrected chi connectivity index (χ1v) is 6.90. The summed E-state index contributed by atoms with van der Waals surface area (Å²) in [5.74, 6) is -1.17. The standard InChI is InChI=1S/C16H11ClF2N2O/c1-21-13-7-4-10(17)8-12(13)14(20-15(19)16(21)22)9-2-5-11(18)6-3-9/h2-8,15H,1H3. The summed E-state index contributed by atoms with van der Waals surface area (Å²) in [6, 6.07) is 10.3. The average molecular weight is 321 g/mol. The Bertz CT molecular complexity index is 774. The second-order valence-electron chi connectivity index (χ2n) is 4.88. The van der Waals surface area contributed by atoms with Crippen molar-refractivity contribution in [3.8, 4) is 0 Å². The van der Waals surface area contributed by atoms with Crippen molar-refractivity contribution in [3.05, 3.63) is 64.4 Å². The van der Waals surface area contributed by atoms with E-state index in [1.54, 1.807) is 18.2 Å². The first-order chi connectivity index (χ1) is 10.5. The number of anilines is 1. The Balaban J connectivity index is 2.25. The summed E-state index contributed by atoms with van der Waals surface area (Å²) in [6.07, 6.45) is -2.02. The van der Waals surface area contributed by atoms with E-state index in [1.807, 2.05) is 0 Å². The predicted octanol–water partition coefficient (Wildman–Crippen LogP) is 3.59. The van der Waals surface area contributed by atoms with E-state index in [0.717, 1.165) is 0 Å². The quantitative estimate of drug-likeness (QED) is 0.739. The van der Waals surface area contributed by atoms with Crippen LogP contribution in [0.2, 0.25) is 5.02 Å². The number of alkyl halides is 1. The Kier molecular flexibility index (Phi) is 3.66. The minimum absolute atomic E-state index is 0.266. The van der Waals surface area contributed by atoms with Gasteiger partial charge in [-0.2, -0.15) is 0 Å². The fourth-order valence-electron chi connectivity index (χ4n) is 2.34. The van der Waals surface area contributed by atoms with Gasteiger partial charge in [-0.05, 0) is 42.5 Å². The molecular weight excluding hydrogens is 310 g/mol. The Morgan fingerprint density at radius 1 is 1.18 bits per heavy atom. The Hall–Kier alpha value is -2.27. The summed E-state index contributed by atoms with van der Waals surface area (Å²) >= 11 is 6.02. The fraction of sp³-hybridized carbons (Fsp3) is 0.125. The molecule has 3 rings (SSSR count). The summed E-state index contributed by atoms with van der Waals surface area (Å²) < 4.78 is 27.2. The maximum absolute atomic E-state index is 14.1. The second kappa shape index (κ2) is 5.50. The van der Waals surface area contributed by atoms with Gasteiger partial charge in [0.05, 0.1) is 11.4 Å². The number of aliphatic imine (C=N–C) groups is 1. The van der Waals surface area contributed by atoms with Crippen LogP contribution in [0.15, 0.2) is 47.5 Å². The van der Waals surface area contributed by atoms with Gasteiger partial charge in [-0.1, -0.05) is 11.6 Å². The molecule has 2 aromatic carbocycles. The van der Waals surface area contributed by atoms with E-state index < -0.39 is 18.0 Å². The third-order valence-corrected chi connectivity index (χ3v) is 3.70. The minimum atomic E-state index is -2.02. The number of hydrogen-bond acceptors (Lipinski definition) is 2. The molecule has 0 saturated heterocycles. The zero-order valence-electron chi connectivity index (χ0n) is 11.6. The van der Waals surface area contributed by atoms with E-state index >= 15 is 0 Å². The van der Waals surface area contributed by atoms with E-state index in [4.69, 9.17) is 11.6 Å². The second-order valence-corrected chi connectivity index (χ2v) is 5.32. The Morgan fingerprint density at radius 2 is 1.86 bits per heavy atom. The van der Waals surface area contributed by atoms with Gasteiger partial charge >= 0.3 is 0 Å². The number of rotatable bonds is 1. The fourth-order valence-corrected chi connectivity index (χ4v) is 2.52. The zero-order chi connectivity index (χ0) is 15.9. The van der Waals surface area contributed by atoms with Crippen LogP contribution in [0.25, 0.3) is 0 Å². The summed E-state index contributed by atoms with van der Waals surface area (Å²) in [4.78, 5) is 17.0. The number of hydrogen-bond donors (Lipinski definition) is 0. The van der Waals surface area contributed by atoms with Crippen molar-refractivity contribution in [1.82, 2.24) is 0 Å². The summed E-state index contributed by atoms with van der Waals surface area (Å²) in [5.41, 5.74) is 1.80. The number of nitrogens with zero attached hydrogens (tertiary/aromatic N) is 2. The molecule has 1 heterocycles. The monoisotopic (exact) mass is 320 g/mol. The number of likely N-dealkylation sites (N-methyl/N-ethyl adjacent to an activating group) is 1. The smallest absolute Gasteiger partial charge is 0.284 e. The molecule has 1 aliphatic rings. The van der Waals surface area contributed by atoms with Crippen LogP contribution in [-0.2, 0) is 4.79 Å². The van der Waals surface area contributed by atoms with Gasteiger partial charge in [0.1, 0.15) is 5.82 Å². The third-order valence-electron chi connectivity index (χ3n) is 3.47. The number of carbonyl (C=O) groups is 1. The Morgan fingerprint density at radius 3 is 2.55 bits per heavy atom. The summed E-state index contributed by atoms with van der Waals surface area (Å²) in [7, 11) is 1.48. The van der Waals surface area contributed by atoms with Crippen LogP contribution in [0.5, 0.6) is 0 Å². The molecule has 3 nitrogen and oxygen atoms in total. The van der Waals surface area contributed by atoms with Crippen molar-refractivity contribution in [2.24, 2.45) is 4.99 Å². The molecule has 0 bridgehead atoms. The van der Waals surface area contributed by atoms with E-state index in [1.165, 1.54) is 36.2 Å². The van der Waals surface area contributed by atoms with Crippen LogP contribution in [0, 0.1) is 5.82 Å². The van der Waals surface area contributed by atoms with Gasteiger partial charge in [-0.25, -0.2) is 13.8 Å². The molecule has 22 heavy (non-hydrogen) atoms.